The lowest BCUT2D eigenvalue weighted by atomic mass is 9.88. The minimum Gasteiger partial charge on any atom is -0.317 e. The van der Waals surface area contributed by atoms with Crippen LogP contribution in [0.2, 0.25) is 0 Å². The summed E-state index contributed by atoms with van der Waals surface area (Å²) >= 11 is 0. The Kier molecular flexibility index (Phi) is 4.41. The lowest BCUT2D eigenvalue weighted by molar-refractivity contribution is 0.372. The number of benzene rings is 1. The van der Waals surface area contributed by atoms with E-state index in [1.54, 1.807) is 11.1 Å². The molecule has 1 aromatic carbocycles. The molecule has 0 saturated carbocycles. The molecule has 1 aliphatic rings. The van der Waals surface area contributed by atoms with E-state index in [1.165, 1.54) is 45.2 Å². The molecule has 0 amide bonds. The van der Waals surface area contributed by atoms with Crippen LogP contribution in [-0.2, 0) is 12.8 Å². The third-order valence-electron chi connectivity index (χ3n) is 3.61. The number of nitrogens with one attached hydrogen (secondary N) is 1. The molecule has 0 radical (unpaired) electrons. The first-order valence-electron chi connectivity index (χ1n) is 6.67. The fraction of sp³-hybridized carbons (Fsp3) is 0.600. The summed E-state index contributed by atoms with van der Waals surface area (Å²) in [4.78, 5) is 0. The molecular weight excluding hydrogens is 194 g/mol. The number of hydrogen-bond donors (Lipinski definition) is 1. The second-order valence-corrected chi connectivity index (χ2v) is 4.92. The average Bonchev–Trinajstić information content (AvgIpc) is 2.33. The smallest absolute Gasteiger partial charge is 0.00462 e. The predicted octanol–water partition coefficient (Wildman–Crippen LogP) is 3.18. The fourth-order valence-electron chi connectivity index (χ4n) is 2.67. The summed E-state index contributed by atoms with van der Waals surface area (Å²) in [5.74, 6) is 0.902. The van der Waals surface area contributed by atoms with Gasteiger partial charge in [0.15, 0.2) is 0 Å². The zero-order valence-electron chi connectivity index (χ0n) is 10.3. The van der Waals surface area contributed by atoms with Gasteiger partial charge in [0.1, 0.15) is 0 Å². The highest BCUT2D eigenvalue weighted by atomic mass is 14.9. The number of aryl methyl sites for hydroxylation is 1. The van der Waals surface area contributed by atoms with Gasteiger partial charge >= 0.3 is 0 Å². The maximum absolute atomic E-state index is 3.44. The van der Waals surface area contributed by atoms with Gasteiger partial charge in [0.05, 0.1) is 0 Å². The molecular formula is C15H23N. The molecule has 1 aromatic rings. The van der Waals surface area contributed by atoms with Crippen LogP contribution < -0.4 is 5.32 Å². The third-order valence-corrected chi connectivity index (χ3v) is 3.61. The lowest BCUT2D eigenvalue weighted by Crippen LogP contribution is -2.28. The summed E-state index contributed by atoms with van der Waals surface area (Å²) in [5, 5.41) is 3.44. The Morgan fingerprint density at radius 3 is 2.50 bits per heavy atom. The number of piperidine rings is 1. The van der Waals surface area contributed by atoms with Crippen LogP contribution >= 0.6 is 0 Å². The van der Waals surface area contributed by atoms with Gasteiger partial charge in [-0.2, -0.15) is 0 Å². The van der Waals surface area contributed by atoms with Crippen molar-refractivity contribution in [1.29, 1.82) is 0 Å². The van der Waals surface area contributed by atoms with E-state index in [0.29, 0.717) is 0 Å². The summed E-state index contributed by atoms with van der Waals surface area (Å²) in [6.45, 7) is 4.68. The molecule has 1 heteroatoms. The summed E-state index contributed by atoms with van der Waals surface area (Å²) < 4.78 is 0. The molecule has 0 aromatic heterocycles. The van der Waals surface area contributed by atoms with Crippen molar-refractivity contribution in [1.82, 2.24) is 5.32 Å². The second kappa shape index (κ2) is 6.05. The first kappa shape index (κ1) is 11.7. The zero-order valence-corrected chi connectivity index (χ0v) is 10.3. The second-order valence-electron chi connectivity index (χ2n) is 4.92. The van der Waals surface area contributed by atoms with Crippen molar-refractivity contribution in [2.24, 2.45) is 5.92 Å². The maximum Gasteiger partial charge on any atom is -0.00462 e. The zero-order chi connectivity index (χ0) is 11.2. The van der Waals surface area contributed by atoms with Crippen molar-refractivity contribution >= 4 is 0 Å². The summed E-state index contributed by atoms with van der Waals surface area (Å²) in [5.41, 5.74) is 3.17. The van der Waals surface area contributed by atoms with Gasteiger partial charge in [-0.05, 0) is 55.8 Å². The van der Waals surface area contributed by atoms with Crippen molar-refractivity contribution in [3.8, 4) is 0 Å². The normalized spacial score (nSPS) is 17.6. The maximum atomic E-state index is 3.44. The van der Waals surface area contributed by atoms with Crippen LogP contribution in [0.25, 0.3) is 0 Å². The Bertz CT molecular complexity index is 313. The largest absolute Gasteiger partial charge is 0.317 e. The van der Waals surface area contributed by atoms with Crippen LogP contribution in [0.3, 0.4) is 0 Å². The first-order chi connectivity index (χ1) is 7.90. The van der Waals surface area contributed by atoms with Crippen LogP contribution in [-0.4, -0.2) is 13.1 Å². The van der Waals surface area contributed by atoms with E-state index < -0.39 is 0 Å². The van der Waals surface area contributed by atoms with Crippen LogP contribution in [0.1, 0.15) is 37.3 Å². The topological polar surface area (TPSA) is 12.0 Å². The van der Waals surface area contributed by atoms with Crippen molar-refractivity contribution in [2.75, 3.05) is 13.1 Å². The van der Waals surface area contributed by atoms with E-state index in [-0.39, 0.29) is 0 Å². The summed E-state index contributed by atoms with van der Waals surface area (Å²) in [6, 6.07) is 9.00. The Morgan fingerprint density at radius 1 is 1.12 bits per heavy atom. The molecule has 0 spiro atoms. The van der Waals surface area contributed by atoms with Crippen LogP contribution in [0.15, 0.2) is 24.3 Å². The van der Waals surface area contributed by atoms with Crippen LogP contribution in [0.4, 0.5) is 0 Å². The molecule has 0 atom stereocenters. The number of rotatable bonds is 4. The predicted molar refractivity (Wildman–Crippen MR) is 69.7 cm³/mol. The van der Waals surface area contributed by atoms with Crippen LogP contribution in [0.5, 0.6) is 0 Å². The van der Waals surface area contributed by atoms with Gasteiger partial charge in [-0.25, -0.2) is 0 Å². The molecule has 0 aliphatic carbocycles. The molecule has 1 heterocycles. The molecule has 1 aliphatic heterocycles. The van der Waals surface area contributed by atoms with E-state index in [4.69, 9.17) is 0 Å². The van der Waals surface area contributed by atoms with Gasteiger partial charge in [0.25, 0.3) is 0 Å². The van der Waals surface area contributed by atoms with Crippen molar-refractivity contribution in [3.63, 3.8) is 0 Å². The molecule has 88 valence electrons. The molecule has 1 nitrogen and oxygen atoms in total. The van der Waals surface area contributed by atoms with Gasteiger partial charge < -0.3 is 5.32 Å². The molecule has 2 rings (SSSR count). The third kappa shape index (κ3) is 3.08. The van der Waals surface area contributed by atoms with Gasteiger partial charge in [-0.3, -0.25) is 0 Å². The van der Waals surface area contributed by atoms with E-state index in [1.807, 2.05) is 0 Å². The van der Waals surface area contributed by atoms with Gasteiger partial charge in [0.2, 0.25) is 0 Å². The SMILES string of the molecule is CCCc1ccccc1CC1CCNCC1. The van der Waals surface area contributed by atoms with E-state index in [2.05, 4.69) is 36.5 Å². The van der Waals surface area contributed by atoms with Gasteiger partial charge in [-0.15, -0.1) is 0 Å². The monoisotopic (exact) mass is 217 g/mol. The minimum atomic E-state index is 0.902. The van der Waals surface area contributed by atoms with E-state index in [9.17, 15) is 0 Å². The lowest BCUT2D eigenvalue weighted by Gasteiger charge is -2.23. The Labute approximate surface area is 99.3 Å². The van der Waals surface area contributed by atoms with Crippen LogP contribution in [0, 0.1) is 5.92 Å². The molecule has 1 saturated heterocycles. The summed E-state index contributed by atoms with van der Waals surface area (Å²) in [7, 11) is 0. The highest BCUT2D eigenvalue weighted by Gasteiger charge is 2.14. The quantitative estimate of drug-likeness (QED) is 0.817. The van der Waals surface area contributed by atoms with E-state index in [0.717, 1.165) is 5.92 Å². The first-order valence-corrected chi connectivity index (χ1v) is 6.67. The molecule has 16 heavy (non-hydrogen) atoms. The highest BCUT2D eigenvalue weighted by Crippen LogP contribution is 2.21. The summed E-state index contributed by atoms with van der Waals surface area (Å²) in [6.07, 6.45) is 6.48. The molecule has 0 unspecified atom stereocenters. The van der Waals surface area contributed by atoms with Crippen molar-refractivity contribution in [3.05, 3.63) is 35.4 Å². The fourth-order valence-corrected chi connectivity index (χ4v) is 2.67. The van der Waals surface area contributed by atoms with E-state index >= 15 is 0 Å². The molecule has 1 N–H and O–H groups in total. The highest BCUT2D eigenvalue weighted by molar-refractivity contribution is 5.27. The molecule has 1 fully saturated rings. The van der Waals surface area contributed by atoms with Crippen molar-refractivity contribution in [2.45, 2.75) is 39.0 Å². The van der Waals surface area contributed by atoms with Gasteiger partial charge in [-0.1, -0.05) is 37.6 Å². The Hall–Kier alpha value is -0.820. The Balaban J connectivity index is 2.01. The molecule has 0 bridgehead atoms. The minimum absolute atomic E-state index is 0.902. The van der Waals surface area contributed by atoms with Crippen molar-refractivity contribution < 1.29 is 0 Å². The Morgan fingerprint density at radius 2 is 1.81 bits per heavy atom. The van der Waals surface area contributed by atoms with Gasteiger partial charge in [0, 0.05) is 0 Å². The number of hydrogen-bond acceptors (Lipinski definition) is 1. The average molecular weight is 217 g/mol. The standard InChI is InChI=1S/C15H23N/c1-2-5-14-6-3-4-7-15(14)12-13-8-10-16-11-9-13/h3-4,6-7,13,16H,2,5,8-12H2,1H3.